The maximum absolute atomic E-state index is 12.4. The summed E-state index contributed by atoms with van der Waals surface area (Å²) < 4.78 is 27.2. The Hall–Kier alpha value is -1.27. The molecule has 2 rings (SSSR count). The van der Waals surface area contributed by atoms with Gasteiger partial charge in [0, 0.05) is 16.6 Å². The third kappa shape index (κ3) is 3.89. The first-order valence-corrected chi connectivity index (χ1v) is 8.34. The summed E-state index contributed by atoms with van der Waals surface area (Å²) in [6, 6.07) is 9.32. The van der Waals surface area contributed by atoms with E-state index >= 15 is 0 Å². The Morgan fingerprint density at radius 1 is 1.10 bits per heavy atom. The van der Waals surface area contributed by atoms with Crippen LogP contribution >= 0.6 is 23.2 Å². The molecule has 0 saturated carbocycles. The van der Waals surface area contributed by atoms with Crippen molar-refractivity contribution in [3.8, 4) is 0 Å². The molecule has 7 heteroatoms. The molecule has 0 heterocycles. The van der Waals surface area contributed by atoms with Crippen LogP contribution in [0.25, 0.3) is 0 Å². The average molecular weight is 345 g/mol. The molecule has 0 aliphatic rings. The smallest absolute Gasteiger partial charge is 0.261 e. The van der Waals surface area contributed by atoms with Crippen molar-refractivity contribution in [3.63, 3.8) is 0 Å². The first-order chi connectivity index (χ1) is 9.81. The van der Waals surface area contributed by atoms with E-state index in [1.54, 1.807) is 12.1 Å². The molecular formula is C14H14Cl2N2O2S. The van der Waals surface area contributed by atoms with E-state index in [4.69, 9.17) is 28.9 Å². The molecule has 0 amide bonds. The minimum atomic E-state index is -3.72. The van der Waals surface area contributed by atoms with E-state index in [0.29, 0.717) is 15.7 Å². The number of anilines is 1. The summed E-state index contributed by atoms with van der Waals surface area (Å²) >= 11 is 11.7. The normalized spacial score (nSPS) is 11.4. The minimum Gasteiger partial charge on any atom is -0.326 e. The monoisotopic (exact) mass is 344 g/mol. The highest BCUT2D eigenvalue weighted by Gasteiger charge is 2.16. The molecule has 0 aromatic heterocycles. The largest absolute Gasteiger partial charge is 0.326 e. The zero-order chi connectivity index (χ0) is 15.6. The fourth-order valence-corrected chi connectivity index (χ4v) is 3.48. The van der Waals surface area contributed by atoms with Gasteiger partial charge in [0.15, 0.2) is 0 Å². The SMILES string of the molecule is Cc1ccc(S(=O)(=O)Nc2cc(Cl)cc(Cl)c2)cc1CN. The number of benzene rings is 2. The van der Waals surface area contributed by atoms with Crippen molar-refractivity contribution in [2.45, 2.75) is 18.4 Å². The standard InChI is InChI=1S/C14H14Cl2N2O2S/c1-9-2-3-14(4-10(9)8-17)21(19,20)18-13-6-11(15)5-12(16)7-13/h2-7,18H,8,17H2,1H3. The van der Waals surface area contributed by atoms with Crippen molar-refractivity contribution in [1.29, 1.82) is 0 Å². The van der Waals surface area contributed by atoms with Gasteiger partial charge in [-0.1, -0.05) is 29.3 Å². The zero-order valence-electron chi connectivity index (χ0n) is 11.2. The Balaban J connectivity index is 2.38. The molecule has 0 atom stereocenters. The van der Waals surface area contributed by atoms with Gasteiger partial charge in [-0.25, -0.2) is 8.42 Å². The number of aryl methyl sites for hydroxylation is 1. The van der Waals surface area contributed by atoms with E-state index in [2.05, 4.69) is 4.72 Å². The fraction of sp³-hybridized carbons (Fsp3) is 0.143. The van der Waals surface area contributed by atoms with Crippen molar-refractivity contribution < 1.29 is 8.42 Å². The number of hydrogen-bond donors (Lipinski definition) is 2. The van der Waals surface area contributed by atoms with E-state index < -0.39 is 10.0 Å². The predicted molar refractivity (Wildman–Crippen MR) is 86.3 cm³/mol. The number of sulfonamides is 1. The molecule has 0 spiro atoms. The second-order valence-corrected chi connectivity index (χ2v) is 7.11. The van der Waals surface area contributed by atoms with Crippen molar-refractivity contribution >= 4 is 38.9 Å². The van der Waals surface area contributed by atoms with Gasteiger partial charge in [0.2, 0.25) is 0 Å². The van der Waals surface area contributed by atoms with Crippen LogP contribution in [0.4, 0.5) is 5.69 Å². The van der Waals surface area contributed by atoms with Gasteiger partial charge in [0.05, 0.1) is 10.6 Å². The van der Waals surface area contributed by atoms with Gasteiger partial charge in [-0.15, -0.1) is 0 Å². The Kier molecular flexibility index (Phi) is 4.78. The van der Waals surface area contributed by atoms with Crippen LogP contribution in [0.2, 0.25) is 10.0 Å². The number of halogens is 2. The molecule has 0 fully saturated rings. The Bertz CT molecular complexity index is 756. The summed E-state index contributed by atoms with van der Waals surface area (Å²) in [6.07, 6.45) is 0. The number of hydrogen-bond acceptors (Lipinski definition) is 3. The minimum absolute atomic E-state index is 0.143. The number of nitrogens with two attached hydrogens (primary N) is 1. The molecule has 21 heavy (non-hydrogen) atoms. The van der Waals surface area contributed by atoms with Crippen LogP contribution in [0.5, 0.6) is 0 Å². The van der Waals surface area contributed by atoms with Gasteiger partial charge in [0.1, 0.15) is 0 Å². The predicted octanol–water partition coefficient (Wildman–Crippen LogP) is 3.56. The maximum atomic E-state index is 12.4. The molecule has 0 unspecified atom stereocenters. The van der Waals surface area contributed by atoms with Gasteiger partial charge in [-0.2, -0.15) is 0 Å². The lowest BCUT2D eigenvalue weighted by Crippen LogP contribution is -2.14. The van der Waals surface area contributed by atoms with Crippen molar-refractivity contribution in [2.24, 2.45) is 5.73 Å². The molecule has 0 saturated heterocycles. The summed E-state index contributed by atoms with van der Waals surface area (Å²) in [5, 5.41) is 0.707. The van der Waals surface area contributed by atoms with Gasteiger partial charge in [-0.3, -0.25) is 4.72 Å². The third-order valence-corrected chi connectivity index (χ3v) is 4.78. The summed E-state index contributed by atoms with van der Waals surface area (Å²) in [4.78, 5) is 0.143. The first-order valence-electron chi connectivity index (χ1n) is 6.10. The van der Waals surface area contributed by atoms with Gasteiger partial charge in [0.25, 0.3) is 10.0 Å². The molecule has 3 N–H and O–H groups in total. The molecule has 0 aliphatic carbocycles. The van der Waals surface area contributed by atoms with E-state index in [9.17, 15) is 8.42 Å². The van der Waals surface area contributed by atoms with Crippen LogP contribution < -0.4 is 10.5 Å². The van der Waals surface area contributed by atoms with Crippen molar-refractivity contribution in [1.82, 2.24) is 0 Å². The van der Waals surface area contributed by atoms with Crippen molar-refractivity contribution in [3.05, 3.63) is 57.6 Å². The van der Waals surface area contributed by atoms with E-state index in [1.165, 1.54) is 24.3 Å². The second-order valence-electron chi connectivity index (χ2n) is 4.56. The van der Waals surface area contributed by atoms with Gasteiger partial charge in [-0.05, 0) is 48.4 Å². The highest BCUT2D eigenvalue weighted by molar-refractivity contribution is 7.92. The fourth-order valence-electron chi connectivity index (χ4n) is 1.86. The van der Waals surface area contributed by atoms with Crippen LogP contribution in [-0.4, -0.2) is 8.42 Å². The number of rotatable bonds is 4. The lowest BCUT2D eigenvalue weighted by Gasteiger charge is -2.11. The molecule has 0 bridgehead atoms. The Labute approximate surface area is 133 Å². The average Bonchev–Trinajstić information content (AvgIpc) is 2.37. The lowest BCUT2D eigenvalue weighted by atomic mass is 10.1. The molecule has 0 radical (unpaired) electrons. The summed E-state index contributed by atoms with van der Waals surface area (Å²) in [6.45, 7) is 2.15. The topological polar surface area (TPSA) is 72.2 Å². The van der Waals surface area contributed by atoms with Crippen LogP contribution in [-0.2, 0) is 16.6 Å². The molecule has 2 aromatic carbocycles. The molecule has 112 valence electrons. The maximum Gasteiger partial charge on any atom is 0.261 e. The van der Waals surface area contributed by atoms with Gasteiger partial charge >= 0.3 is 0 Å². The number of nitrogens with one attached hydrogen (secondary N) is 1. The van der Waals surface area contributed by atoms with Crippen LogP contribution in [0.3, 0.4) is 0 Å². The van der Waals surface area contributed by atoms with Crippen molar-refractivity contribution in [2.75, 3.05) is 4.72 Å². The van der Waals surface area contributed by atoms with Crippen LogP contribution in [0.1, 0.15) is 11.1 Å². The lowest BCUT2D eigenvalue weighted by molar-refractivity contribution is 0.601. The molecule has 4 nitrogen and oxygen atoms in total. The van der Waals surface area contributed by atoms with Crippen LogP contribution in [0, 0.1) is 6.92 Å². The quantitative estimate of drug-likeness (QED) is 0.890. The van der Waals surface area contributed by atoms with Gasteiger partial charge < -0.3 is 5.73 Å². The second kappa shape index (κ2) is 6.23. The van der Waals surface area contributed by atoms with E-state index in [-0.39, 0.29) is 11.4 Å². The molecular weight excluding hydrogens is 331 g/mol. The highest BCUT2D eigenvalue weighted by Crippen LogP contribution is 2.25. The van der Waals surface area contributed by atoms with E-state index in [1.807, 2.05) is 6.92 Å². The Morgan fingerprint density at radius 3 is 2.29 bits per heavy atom. The summed E-state index contributed by atoms with van der Waals surface area (Å²) in [7, 11) is -3.72. The molecule has 0 aliphatic heterocycles. The summed E-state index contributed by atoms with van der Waals surface area (Å²) in [5.41, 5.74) is 7.64. The Morgan fingerprint density at radius 2 is 1.71 bits per heavy atom. The van der Waals surface area contributed by atoms with E-state index in [0.717, 1.165) is 11.1 Å². The van der Waals surface area contributed by atoms with Crippen LogP contribution in [0.15, 0.2) is 41.3 Å². The summed E-state index contributed by atoms with van der Waals surface area (Å²) in [5.74, 6) is 0. The third-order valence-electron chi connectivity index (χ3n) is 2.97. The first kappa shape index (κ1) is 16.1. The molecule has 2 aromatic rings. The highest BCUT2D eigenvalue weighted by atomic mass is 35.5. The zero-order valence-corrected chi connectivity index (χ0v) is 13.6.